The molecular weight excluding hydrogens is 264 g/mol. The fraction of sp³-hybridized carbons (Fsp3) is 0.0769. The van der Waals surface area contributed by atoms with E-state index in [-0.39, 0.29) is 11.4 Å². The van der Waals surface area contributed by atoms with Gasteiger partial charge in [-0.3, -0.25) is 20.2 Å². The third-order valence-corrected chi connectivity index (χ3v) is 2.63. The van der Waals surface area contributed by atoms with Gasteiger partial charge in [0.1, 0.15) is 11.5 Å². The van der Waals surface area contributed by atoms with Crippen molar-refractivity contribution in [2.24, 2.45) is 0 Å². The number of nitro benzene ring substituents is 1. The van der Waals surface area contributed by atoms with Crippen molar-refractivity contribution in [3.05, 3.63) is 68.1 Å². The second kappa shape index (κ2) is 5.35. The third-order valence-electron chi connectivity index (χ3n) is 2.63. The number of nitro groups is 2. The molecular formula is C13H10N2O5. The SMILES string of the molecule is C/C(=C\c1ccc(-c2ccc([N+](=O)[O-])cc2)o1)[N+](=O)[O-]. The quantitative estimate of drug-likeness (QED) is 0.627. The summed E-state index contributed by atoms with van der Waals surface area (Å²) in [6.07, 6.45) is 1.31. The Labute approximate surface area is 113 Å². The van der Waals surface area contributed by atoms with Gasteiger partial charge in [0.25, 0.3) is 5.69 Å². The Morgan fingerprint density at radius 2 is 1.75 bits per heavy atom. The monoisotopic (exact) mass is 274 g/mol. The minimum atomic E-state index is -0.506. The smallest absolute Gasteiger partial charge is 0.269 e. The minimum Gasteiger partial charge on any atom is -0.456 e. The van der Waals surface area contributed by atoms with E-state index in [1.165, 1.54) is 25.1 Å². The van der Waals surface area contributed by atoms with E-state index in [0.717, 1.165) is 0 Å². The summed E-state index contributed by atoms with van der Waals surface area (Å²) in [5, 5.41) is 21.1. The van der Waals surface area contributed by atoms with E-state index in [1.807, 2.05) is 0 Å². The van der Waals surface area contributed by atoms with Crippen molar-refractivity contribution < 1.29 is 14.3 Å². The molecule has 0 saturated carbocycles. The molecule has 0 aliphatic carbocycles. The Hall–Kier alpha value is -2.96. The van der Waals surface area contributed by atoms with Crippen LogP contribution in [0.15, 0.2) is 46.5 Å². The number of nitrogens with zero attached hydrogens (tertiary/aromatic N) is 2. The van der Waals surface area contributed by atoms with Crippen LogP contribution >= 0.6 is 0 Å². The summed E-state index contributed by atoms with van der Waals surface area (Å²) in [4.78, 5) is 20.1. The van der Waals surface area contributed by atoms with Gasteiger partial charge in [0, 0.05) is 24.6 Å². The van der Waals surface area contributed by atoms with Crippen molar-refractivity contribution in [1.82, 2.24) is 0 Å². The van der Waals surface area contributed by atoms with Crippen molar-refractivity contribution >= 4 is 11.8 Å². The highest BCUT2D eigenvalue weighted by molar-refractivity contribution is 5.61. The van der Waals surface area contributed by atoms with Gasteiger partial charge in [0.2, 0.25) is 5.70 Å². The van der Waals surface area contributed by atoms with Gasteiger partial charge >= 0.3 is 0 Å². The van der Waals surface area contributed by atoms with Crippen LogP contribution in [0.2, 0.25) is 0 Å². The largest absolute Gasteiger partial charge is 0.456 e. The first kappa shape index (κ1) is 13.5. The molecule has 0 aliphatic rings. The molecule has 0 aliphatic heterocycles. The Morgan fingerprint density at radius 3 is 2.30 bits per heavy atom. The second-order valence-corrected chi connectivity index (χ2v) is 4.05. The van der Waals surface area contributed by atoms with Gasteiger partial charge in [-0.2, -0.15) is 0 Å². The highest BCUT2D eigenvalue weighted by atomic mass is 16.6. The molecule has 0 unspecified atom stereocenters. The predicted octanol–water partition coefficient (Wildman–Crippen LogP) is 3.49. The number of allylic oxidation sites excluding steroid dienone is 1. The second-order valence-electron chi connectivity index (χ2n) is 4.05. The highest BCUT2D eigenvalue weighted by Gasteiger charge is 2.09. The lowest BCUT2D eigenvalue weighted by Gasteiger charge is -1.96. The molecule has 1 aromatic carbocycles. The number of rotatable bonds is 4. The molecule has 20 heavy (non-hydrogen) atoms. The van der Waals surface area contributed by atoms with Gasteiger partial charge in [0.05, 0.1) is 15.9 Å². The Balaban J connectivity index is 2.27. The lowest BCUT2D eigenvalue weighted by molar-refractivity contribution is -0.422. The summed E-state index contributed by atoms with van der Waals surface area (Å²) in [5.41, 5.74) is 0.619. The van der Waals surface area contributed by atoms with Crippen LogP contribution in [0.3, 0.4) is 0 Å². The topological polar surface area (TPSA) is 99.4 Å². The van der Waals surface area contributed by atoms with Crippen LogP contribution in [0.5, 0.6) is 0 Å². The summed E-state index contributed by atoms with van der Waals surface area (Å²) >= 11 is 0. The fourth-order valence-corrected chi connectivity index (χ4v) is 1.59. The zero-order valence-electron chi connectivity index (χ0n) is 10.5. The highest BCUT2D eigenvalue weighted by Crippen LogP contribution is 2.25. The zero-order valence-corrected chi connectivity index (χ0v) is 10.5. The van der Waals surface area contributed by atoms with Crippen LogP contribution in [-0.4, -0.2) is 9.85 Å². The van der Waals surface area contributed by atoms with E-state index < -0.39 is 9.85 Å². The number of hydrogen-bond acceptors (Lipinski definition) is 5. The summed E-state index contributed by atoms with van der Waals surface area (Å²) < 4.78 is 5.44. The first-order valence-corrected chi connectivity index (χ1v) is 5.65. The average molecular weight is 274 g/mol. The van der Waals surface area contributed by atoms with Gasteiger partial charge in [-0.1, -0.05) is 0 Å². The first-order chi connectivity index (χ1) is 9.47. The number of furan rings is 1. The van der Waals surface area contributed by atoms with Crippen LogP contribution in [0.25, 0.3) is 17.4 Å². The van der Waals surface area contributed by atoms with Crippen molar-refractivity contribution in [1.29, 1.82) is 0 Å². The van der Waals surface area contributed by atoms with E-state index >= 15 is 0 Å². The molecule has 1 aromatic heterocycles. The van der Waals surface area contributed by atoms with Gasteiger partial charge in [-0.05, 0) is 24.3 Å². The molecule has 102 valence electrons. The van der Waals surface area contributed by atoms with E-state index in [4.69, 9.17) is 4.42 Å². The third kappa shape index (κ3) is 2.89. The van der Waals surface area contributed by atoms with Crippen LogP contribution < -0.4 is 0 Å². The molecule has 0 bridgehead atoms. The Kier molecular flexibility index (Phi) is 3.60. The average Bonchev–Trinajstić information content (AvgIpc) is 2.87. The van der Waals surface area contributed by atoms with E-state index in [1.54, 1.807) is 24.3 Å². The summed E-state index contributed by atoms with van der Waals surface area (Å²) in [7, 11) is 0. The summed E-state index contributed by atoms with van der Waals surface area (Å²) in [6.45, 7) is 1.37. The molecule has 1 heterocycles. The van der Waals surface area contributed by atoms with E-state index in [9.17, 15) is 20.2 Å². The molecule has 0 fully saturated rings. The van der Waals surface area contributed by atoms with Gasteiger partial charge in [-0.25, -0.2) is 0 Å². The number of hydrogen-bond donors (Lipinski definition) is 0. The van der Waals surface area contributed by atoms with Gasteiger partial charge in [0.15, 0.2) is 0 Å². The first-order valence-electron chi connectivity index (χ1n) is 5.65. The number of benzene rings is 1. The molecule has 7 nitrogen and oxygen atoms in total. The Morgan fingerprint density at radius 1 is 1.10 bits per heavy atom. The number of non-ortho nitro benzene ring substituents is 1. The van der Waals surface area contributed by atoms with Crippen LogP contribution in [-0.2, 0) is 0 Å². The molecule has 0 saturated heterocycles. The summed E-state index contributed by atoms with van der Waals surface area (Å²) in [6, 6.07) is 9.12. The van der Waals surface area contributed by atoms with Crippen LogP contribution in [0.4, 0.5) is 5.69 Å². The minimum absolute atomic E-state index is 0.00961. The standard InChI is InChI=1S/C13H10N2O5/c1-9(14(16)17)8-12-6-7-13(20-12)10-2-4-11(5-3-10)15(18)19/h2-8H,1H3/b9-8+. The lowest BCUT2D eigenvalue weighted by atomic mass is 10.1. The van der Waals surface area contributed by atoms with Gasteiger partial charge < -0.3 is 4.42 Å². The molecule has 2 aromatic rings. The predicted molar refractivity (Wildman–Crippen MR) is 71.4 cm³/mol. The molecule has 2 rings (SSSR count). The van der Waals surface area contributed by atoms with Gasteiger partial charge in [-0.15, -0.1) is 0 Å². The zero-order chi connectivity index (χ0) is 14.7. The maximum absolute atomic E-state index is 10.5. The summed E-state index contributed by atoms with van der Waals surface area (Å²) in [5.74, 6) is 0.842. The van der Waals surface area contributed by atoms with Crippen molar-refractivity contribution in [3.8, 4) is 11.3 Å². The Bertz CT molecular complexity index is 685. The molecule has 7 heteroatoms. The van der Waals surface area contributed by atoms with Crippen LogP contribution in [0.1, 0.15) is 12.7 Å². The maximum atomic E-state index is 10.5. The molecule has 0 atom stereocenters. The lowest BCUT2D eigenvalue weighted by Crippen LogP contribution is -1.92. The molecule has 0 amide bonds. The normalized spacial score (nSPS) is 11.3. The molecule has 0 radical (unpaired) electrons. The molecule has 0 spiro atoms. The van der Waals surface area contributed by atoms with E-state index in [2.05, 4.69) is 0 Å². The molecule has 0 N–H and O–H groups in total. The maximum Gasteiger partial charge on any atom is 0.269 e. The van der Waals surface area contributed by atoms with E-state index in [0.29, 0.717) is 17.1 Å². The van der Waals surface area contributed by atoms with Crippen LogP contribution in [0, 0.1) is 20.2 Å². The van der Waals surface area contributed by atoms with Crippen molar-refractivity contribution in [2.75, 3.05) is 0 Å². The van der Waals surface area contributed by atoms with Crippen molar-refractivity contribution in [2.45, 2.75) is 6.92 Å². The fourth-order valence-electron chi connectivity index (χ4n) is 1.59. The van der Waals surface area contributed by atoms with Crippen molar-refractivity contribution in [3.63, 3.8) is 0 Å².